The van der Waals surface area contributed by atoms with E-state index >= 15 is 0 Å². The number of ether oxygens (including phenoxy) is 1. The molecule has 1 aromatic rings. The van der Waals surface area contributed by atoms with E-state index < -0.39 is 0 Å². The zero-order chi connectivity index (χ0) is 13.7. The average molecular weight is 265 g/mol. The van der Waals surface area contributed by atoms with Crippen LogP contribution in [0.3, 0.4) is 0 Å². The van der Waals surface area contributed by atoms with Gasteiger partial charge >= 0.3 is 0 Å². The van der Waals surface area contributed by atoms with Gasteiger partial charge < -0.3 is 15.0 Å². The molecule has 0 spiro atoms. The van der Waals surface area contributed by atoms with Gasteiger partial charge in [0, 0.05) is 19.6 Å². The summed E-state index contributed by atoms with van der Waals surface area (Å²) in [6.45, 7) is 7.61. The molecule has 6 nitrogen and oxygen atoms in total. The molecular formula is C13H23N5O. The topological polar surface area (TPSA) is 63.2 Å². The molecule has 1 fully saturated rings. The van der Waals surface area contributed by atoms with Gasteiger partial charge in [0.05, 0.1) is 24.1 Å². The maximum Gasteiger partial charge on any atom is 0.243 e. The zero-order valence-electron chi connectivity index (χ0n) is 12.0. The molecule has 0 bridgehead atoms. The lowest BCUT2D eigenvalue weighted by Gasteiger charge is -2.30. The molecule has 0 saturated carbocycles. The van der Waals surface area contributed by atoms with E-state index in [1.165, 1.54) is 0 Å². The van der Waals surface area contributed by atoms with Crippen molar-refractivity contribution in [2.24, 2.45) is 0 Å². The molecular weight excluding hydrogens is 242 g/mol. The Balaban J connectivity index is 1.92. The van der Waals surface area contributed by atoms with E-state index in [0.717, 1.165) is 50.5 Å². The number of nitrogens with zero attached hydrogens (tertiary/aromatic N) is 4. The Kier molecular flexibility index (Phi) is 5.04. The van der Waals surface area contributed by atoms with Gasteiger partial charge in [-0.05, 0) is 19.9 Å². The molecule has 1 unspecified atom stereocenters. The van der Waals surface area contributed by atoms with Crippen LogP contribution in [0, 0.1) is 0 Å². The van der Waals surface area contributed by atoms with Gasteiger partial charge in [-0.3, -0.25) is 0 Å². The monoisotopic (exact) mass is 265 g/mol. The first-order valence-corrected chi connectivity index (χ1v) is 6.99. The summed E-state index contributed by atoms with van der Waals surface area (Å²) < 4.78 is 5.69. The molecule has 0 radical (unpaired) electrons. The highest BCUT2D eigenvalue weighted by Crippen LogP contribution is 2.08. The first kappa shape index (κ1) is 14.1. The van der Waals surface area contributed by atoms with Crippen LogP contribution in [-0.2, 0) is 17.6 Å². The van der Waals surface area contributed by atoms with Gasteiger partial charge in [0.1, 0.15) is 0 Å². The van der Waals surface area contributed by atoms with E-state index in [9.17, 15) is 0 Å². The Morgan fingerprint density at radius 1 is 1.26 bits per heavy atom. The Hall–Kier alpha value is -1.27. The maximum absolute atomic E-state index is 5.69. The summed E-state index contributed by atoms with van der Waals surface area (Å²) in [4.78, 5) is 6.78. The van der Waals surface area contributed by atoms with Crippen LogP contribution in [0.2, 0.25) is 0 Å². The molecule has 1 aliphatic rings. The molecule has 19 heavy (non-hydrogen) atoms. The van der Waals surface area contributed by atoms with Gasteiger partial charge in [0.15, 0.2) is 0 Å². The lowest BCUT2D eigenvalue weighted by atomic mass is 10.2. The van der Waals surface area contributed by atoms with Crippen molar-refractivity contribution in [2.45, 2.75) is 32.8 Å². The van der Waals surface area contributed by atoms with Crippen molar-refractivity contribution in [3.63, 3.8) is 0 Å². The molecule has 1 aliphatic heterocycles. The van der Waals surface area contributed by atoms with Gasteiger partial charge in [-0.25, -0.2) is 4.98 Å². The molecule has 0 aromatic carbocycles. The second-order valence-corrected chi connectivity index (χ2v) is 4.87. The van der Waals surface area contributed by atoms with Crippen LogP contribution in [0.4, 0.5) is 5.95 Å². The van der Waals surface area contributed by atoms with Crippen molar-refractivity contribution in [2.75, 3.05) is 38.6 Å². The summed E-state index contributed by atoms with van der Waals surface area (Å²) >= 11 is 0. The van der Waals surface area contributed by atoms with Gasteiger partial charge in [-0.2, -0.15) is 5.10 Å². The van der Waals surface area contributed by atoms with E-state index in [2.05, 4.69) is 46.3 Å². The summed E-state index contributed by atoms with van der Waals surface area (Å²) in [5.41, 5.74) is 2.02. The van der Waals surface area contributed by atoms with E-state index in [1.807, 2.05) is 0 Å². The van der Waals surface area contributed by atoms with Crippen LogP contribution in [0.5, 0.6) is 0 Å². The van der Waals surface area contributed by atoms with Crippen molar-refractivity contribution < 1.29 is 4.74 Å². The van der Waals surface area contributed by atoms with E-state index in [4.69, 9.17) is 4.74 Å². The summed E-state index contributed by atoms with van der Waals surface area (Å²) in [6, 6.07) is 0. The van der Waals surface area contributed by atoms with Crippen molar-refractivity contribution in [3.05, 3.63) is 11.4 Å². The predicted molar refractivity (Wildman–Crippen MR) is 74.3 cm³/mol. The smallest absolute Gasteiger partial charge is 0.243 e. The minimum atomic E-state index is 0.193. The standard InChI is InChI=1S/C13H23N5O/c1-4-11-12(5-2)16-17-13(15-11)14-8-10-9-18(3)6-7-19-10/h10H,4-9H2,1-3H3,(H,14,15,17). The number of morpholine rings is 1. The highest BCUT2D eigenvalue weighted by Gasteiger charge is 2.17. The maximum atomic E-state index is 5.69. The lowest BCUT2D eigenvalue weighted by molar-refractivity contribution is -0.0118. The molecule has 2 rings (SSSR count). The average Bonchev–Trinajstić information content (AvgIpc) is 2.45. The quantitative estimate of drug-likeness (QED) is 0.847. The summed E-state index contributed by atoms with van der Waals surface area (Å²) in [5, 5.41) is 11.6. The zero-order valence-corrected chi connectivity index (χ0v) is 12.0. The highest BCUT2D eigenvalue weighted by atomic mass is 16.5. The number of aromatic nitrogens is 3. The van der Waals surface area contributed by atoms with Crippen LogP contribution in [0.25, 0.3) is 0 Å². The molecule has 1 saturated heterocycles. The Morgan fingerprint density at radius 3 is 2.74 bits per heavy atom. The number of hydrogen-bond donors (Lipinski definition) is 1. The van der Waals surface area contributed by atoms with E-state index in [-0.39, 0.29) is 6.10 Å². The van der Waals surface area contributed by atoms with Crippen molar-refractivity contribution >= 4 is 5.95 Å². The molecule has 0 amide bonds. The fourth-order valence-corrected chi connectivity index (χ4v) is 2.21. The minimum Gasteiger partial charge on any atom is -0.374 e. The third-order valence-electron chi connectivity index (χ3n) is 3.34. The predicted octanol–water partition coefficient (Wildman–Crippen LogP) is 0.739. The lowest BCUT2D eigenvalue weighted by Crippen LogP contribution is -2.43. The summed E-state index contributed by atoms with van der Waals surface area (Å²) in [6.07, 6.45) is 1.95. The third-order valence-corrected chi connectivity index (χ3v) is 3.34. The van der Waals surface area contributed by atoms with E-state index in [0.29, 0.717) is 5.95 Å². The Morgan fingerprint density at radius 2 is 2.05 bits per heavy atom. The fraction of sp³-hybridized carbons (Fsp3) is 0.769. The first-order chi connectivity index (χ1) is 9.22. The second-order valence-electron chi connectivity index (χ2n) is 4.87. The highest BCUT2D eigenvalue weighted by molar-refractivity contribution is 5.26. The second kappa shape index (κ2) is 6.77. The van der Waals surface area contributed by atoms with Crippen LogP contribution in [0.15, 0.2) is 0 Å². The van der Waals surface area contributed by atoms with E-state index in [1.54, 1.807) is 0 Å². The van der Waals surface area contributed by atoms with Crippen molar-refractivity contribution in [1.82, 2.24) is 20.1 Å². The molecule has 1 N–H and O–H groups in total. The molecule has 1 atom stereocenters. The van der Waals surface area contributed by atoms with Gasteiger partial charge in [0.25, 0.3) is 0 Å². The van der Waals surface area contributed by atoms with Gasteiger partial charge in [-0.15, -0.1) is 5.10 Å². The molecule has 0 aliphatic carbocycles. The number of aryl methyl sites for hydroxylation is 2. The largest absolute Gasteiger partial charge is 0.374 e. The number of likely N-dealkylation sites (N-methyl/N-ethyl adjacent to an activating group) is 1. The van der Waals surface area contributed by atoms with Crippen molar-refractivity contribution in [1.29, 1.82) is 0 Å². The molecule has 6 heteroatoms. The van der Waals surface area contributed by atoms with Crippen LogP contribution >= 0.6 is 0 Å². The number of rotatable bonds is 5. The molecule has 1 aromatic heterocycles. The van der Waals surface area contributed by atoms with Crippen LogP contribution in [0.1, 0.15) is 25.2 Å². The minimum absolute atomic E-state index is 0.193. The van der Waals surface area contributed by atoms with Gasteiger partial charge in [0.2, 0.25) is 5.95 Å². The SMILES string of the molecule is CCc1nnc(NCC2CN(C)CCO2)nc1CC. The number of nitrogens with one attached hydrogen (secondary N) is 1. The third kappa shape index (κ3) is 3.84. The Bertz CT molecular complexity index is 412. The first-order valence-electron chi connectivity index (χ1n) is 6.99. The normalized spacial score (nSPS) is 20.5. The number of hydrogen-bond acceptors (Lipinski definition) is 6. The fourth-order valence-electron chi connectivity index (χ4n) is 2.21. The van der Waals surface area contributed by atoms with Crippen LogP contribution < -0.4 is 5.32 Å². The summed E-state index contributed by atoms with van der Waals surface area (Å²) in [5.74, 6) is 0.603. The van der Waals surface area contributed by atoms with Gasteiger partial charge in [-0.1, -0.05) is 13.8 Å². The van der Waals surface area contributed by atoms with Crippen LogP contribution in [-0.4, -0.2) is 59.5 Å². The molecule has 106 valence electrons. The summed E-state index contributed by atoms with van der Waals surface area (Å²) in [7, 11) is 2.11. The molecule has 2 heterocycles. The number of anilines is 1. The Labute approximate surface area is 114 Å². The van der Waals surface area contributed by atoms with Crippen molar-refractivity contribution in [3.8, 4) is 0 Å².